The zero-order chi connectivity index (χ0) is 18.6. The quantitative estimate of drug-likeness (QED) is 0.318. The van der Waals surface area contributed by atoms with Gasteiger partial charge in [0.1, 0.15) is 0 Å². The molecule has 29 heavy (non-hydrogen) atoms. The third-order valence-electron chi connectivity index (χ3n) is 6.53. The van der Waals surface area contributed by atoms with Crippen LogP contribution in [0.15, 0.2) is 48.5 Å². The van der Waals surface area contributed by atoms with Gasteiger partial charge in [0.05, 0.1) is 16.5 Å². The van der Waals surface area contributed by atoms with E-state index in [2.05, 4.69) is 83.8 Å². The first-order valence-electron chi connectivity index (χ1n) is 10.4. The van der Waals surface area contributed by atoms with Crippen LogP contribution in [-0.2, 0) is 26.2 Å². The average molecular weight is 547 g/mol. The maximum atomic E-state index is 2.72. The molecule has 0 saturated carbocycles. The van der Waals surface area contributed by atoms with Crippen LogP contribution in [0.25, 0.3) is 0 Å². The molecule has 0 bridgehead atoms. The van der Waals surface area contributed by atoms with Crippen molar-refractivity contribution in [3.8, 4) is 0 Å². The Morgan fingerprint density at radius 1 is 0.552 bits per heavy atom. The topological polar surface area (TPSA) is 6.48 Å². The summed E-state index contributed by atoms with van der Waals surface area (Å²) in [7, 11) is -2.52. The summed E-state index contributed by atoms with van der Waals surface area (Å²) in [5.74, 6) is 0. The second-order valence-corrected chi connectivity index (χ2v) is 17.5. The molecule has 2 aromatic rings. The Bertz CT molecular complexity index is 590. The van der Waals surface area contributed by atoms with Gasteiger partial charge in [-0.3, -0.25) is 0 Å². The third kappa shape index (κ3) is 7.27. The maximum Gasteiger partial charge on any atom is 4.00 e. The van der Waals surface area contributed by atoms with Crippen molar-refractivity contribution in [3.05, 3.63) is 48.5 Å². The minimum atomic E-state index is -1.26. The van der Waals surface area contributed by atoms with E-state index in [-0.39, 0.29) is 51.0 Å². The summed E-state index contributed by atoms with van der Waals surface area (Å²) in [6, 6.07) is 17.9. The Hall–Kier alpha value is 0.517. The SMILES string of the molecule is C[Si](C)([c-]1cccc1)N1CCCC1.C[Si](C)([c-]1cccc1)N1CCCC1.[Cl-].[Cl-].[Zr+4]. The van der Waals surface area contributed by atoms with Crippen LogP contribution in [0.4, 0.5) is 0 Å². The standard InChI is InChI=1S/2C11H18NSi.2ClH.Zr/c2*1-13(2,11-7-3-4-8-11)12-9-5-6-10-12;;;/h2*3-4,7-8H,5-6,9-10H2,1-2H3;2*1H;/q2*-1;;;+4/p-2. The van der Waals surface area contributed by atoms with Gasteiger partial charge in [-0.15, -0.1) is 10.4 Å². The second kappa shape index (κ2) is 13.2. The van der Waals surface area contributed by atoms with E-state index in [1.807, 2.05) is 0 Å². The van der Waals surface area contributed by atoms with Crippen LogP contribution in [0.2, 0.25) is 26.2 Å². The zero-order valence-electron chi connectivity index (χ0n) is 18.4. The van der Waals surface area contributed by atoms with Gasteiger partial charge in [-0.25, -0.2) is 24.3 Å². The fourth-order valence-electron chi connectivity index (χ4n) is 4.48. The van der Waals surface area contributed by atoms with E-state index < -0.39 is 16.5 Å². The number of nitrogens with zero attached hydrogens (tertiary/aromatic N) is 2. The van der Waals surface area contributed by atoms with Gasteiger partial charge in [-0.05, 0) is 51.9 Å². The van der Waals surface area contributed by atoms with E-state index in [9.17, 15) is 0 Å². The molecule has 0 aromatic heterocycles. The van der Waals surface area contributed by atoms with Gasteiger partial charge < -0.3 is 33.9 Å². The molecular formula is C22H36Cl2N2Si2Zr. The van der Waals surface area contributed by atoms with Crippen molar-refractivity contribution in [1.29, 1.82) is 0 Å². The van der Waals surface area contributed by atoms with Crippen molar-refractivity contribution in [2.75, 3.05) is 26.2 Å². The molecule has 0 atom stereocenters. The number of hydrogen-bond donors (Lipinski definition) is 0. The van der Waals surface area contributed by atoms with Gasteiger partial charge in [0, 0.05) is 0 Å². The summed E-state index contributed by atoms with van der Waals surface area (Å²) >= 11 is 0. The molecule has 2 nitrogen and oxygen atoms in total. The summed E-state index contributed by atoms with van der Waals surface area (Å²) in [5, 5.41) is 3.18. The minimum Gasteiger partial charge on any atom is -1.00 e. The first-order chi connectivity index (χ1) is 12.4. The van der Waals surface area contributed by atoms with Crippen molar-refractivity contribution < 1.29 is 51.0 Å². The molecule has 160 valence electrons. The molecule has 2 saturated heterocycles. The molecule has 0 radical (unpaired) electrons. The van der Waals surface area contributed by atoms with Crippen molar-refractivity contribution >= 4 is 26.8 Å². The Kier molecular flexibility index (Phi) is 13.4. The molecule has 7 heteroatoms. The molecule has 2 aliphatic rings. The van der Waals surface area contributed by atoms with E-state index in [1.165, 1.54) is 51.9 Å². The molecule has 0 unspecified atom stereocenters. The molecular weight excluding hydrogens is 511 g/mol. The molecule has 0 amide bonds. The van der Waals surface area contributed by atoms with Crippen molar-refractivity contribution in [2.24, 2.45) is 0 Å². The molecule has 2 aliphatic heterocycles. The average Bonchev–Trinajstić information content (AvgIpc) is 3.47. The van der Waals surface area contributed by atoms with Gasteiger partial charge in [0.25, 0.3) is 0 Å². The third-order valence-corrected chi connectivity index (χ3v) is 14.1. The summed E-state index contributed by atoms with van der Waals surface area (Å²) in [6.45, 7) is 15.2. The molecule has 4 rings (SSSR count). The predicted octanol–water partition coefficient (Wildman–Crippen LogP) is -2.17. The Balaban J connectivity index is 0.000000490. The van der Waals surface area contributed by atoms with Crippen molar-refractivity contribution in [3.63, 3.8) is 0 Å². The maximum absolute atomic E-state index is 2.72. The minimum absolute atomic E-state index is 0. The van der Waals surface area contributed by atoms with Crippen LogP contribution in [0, 0.1) is 0 Å². The molecule has 0 N–H and O–H groups in total. The second-order valence-electron chi connectivity index (χ2n) is 8.85. The molecule has 2 fully saturated rings. The Labute approximate surface area is 212 Å². The Morgan fingerprint density at radius 3 is 1.03 bits per heavy atom. The largest absolute Gasteiger partial charge is 4.00 e. The summed E-state index contributed by atoms with van der Waals surface area (Å²) < 4.78 is 5.45. The van der Waals surface area contributed by atoms with Crippen LogP contribution in [-0.4, -0.2) is 51.8 Å². The van der Waals surface area contributed by atoms with E-state index in [4.69, 9.17) is 0 Å². The van der Waals surface area contributed by atoms with Gasteiger partial charge in [-0.2, -0.15) is 24.3 Å². The van der Waals surface area contributed by atoms with E-state index in [0.29, 0.717) is 0 Å². The summed E-state index contributed by atoms with van der Waals surface area (Å²) in [6.07, 6.45) is 5.60. The Morgan fingerprint density at radius 2 is 0.793 bits per heavy atom. The van der Waals surface area contributed by atoms with Gasteiger partial charge in [0.15, 0.2) is 0 Å². The van der Waals surface area contributed by atoms with E-state index >= 15 is 0 Å². The predicted molar refractivity (Wildman–Crippen MR) is 120 cm³/mol. The molecule has 2 heterocycles. The summed E-state index contributed by atoms with van der Waals surface area (Å²) in [5.41, 5.74) is 0. The van der Waals surface area contributed by atoms with E-state index in [1.54, 1.807) is 10.4 Å². The fourth-order valence-corrected chi connectivity index (χ4v) is 10.1. The fraction of sp³-hybridized carbons (Fsp3) is 0.545. The number of hydrogen-bond acceptors (Lipinski definition) is 2. The van der Waals surface area contributed by atoms with Crippen LogP contribution in [0.1, 0.15) is 25.7 Å². The van der Waals surface area contributed by atoms with Crippen LogP contribution < -0.4 is 35.2 Å². The van der Waals surface area contributed by atoms with Crippen molar-refractivity contribution in [1.82, 2.24) is 9.13 Å². The monoisotopic (exact) mass is 544 g/mol. The van der Waals surface area contributed by atoms with Gasteiger partial charge in [-0.1, -0.05) is 26.2 Å². The normalized spacial score (nSPS) is 17.5. The summed E-state index contributed by atoms with van der Waals surface area (Å²) in [4.78, 5) is 0. The molecule has 2 aromatic carbocycles. The van der Waals surface area contributed by atoms with Crippen LogP contribution >= 0.6 is 0 Å². The first kappa shape index (κ1) is 29.5. The molecule has 0 aliphatic carbocycles. The smallest absolute Gasteiger partial charge is 1.00 e. The van der Waals surface area contributed by atoms with Gasteiger partial charge in [0.2, 0.25) is 0 Å². The zero-order valence-corrected chi connectivity index (χ0v) is 24.4. The number of halogens is 2. The number of rotatable bonds is 4. The van der Waals surface area contributed by atoms with Crippen molar-refractivity contribution in [2.45, 2.75) is 51.9 Å². The van der Waals surface area contributed by atoms with Crippen LogP contribution in [0.3, 0.4) is 0 Å². The first-order valence-corrected chi connectivity index (χ1v) is 16.3. The van der Waals surface area contributed by atoms with Gasteiger partial charge >= 0.3 is 26.2 Å². The van der Waals surface area contributed by atoms with Crippen LogP contribution in [0.5, 0.6) is 0 Å². The molecule has 0 spiro atoms. The van der Waals surface area contributed by atoms with E-state index in [0.717, 1.165) is 0 Å².